The summed E-state index contributed by atoms with van der Waals surface area (Å²) in [5, 5.41) is 2.84. The van der Waals surface area contributed by atoms with Crippen molar-refractivity contribution in [2.45, 2.75) is 32.6 Å². The minimum atomic E-state index is 1.15. The lowest BCUT2D eigenvalue weighted by Crippen LogP contribution is -2.26. The van der Waals surface area contributed by atoms with Crippen molar-refractivity contribution >= 4 is 12.2 Å². The molecule has 0 bridgehead atoms. The summed E-state index contributed by atoms with van der Waals surface area (Å²) in [6.07, 6.45) is 13.8. The number of aryl methyl sites for hydroxylation is 1. The van der Waals surface area contributed by atoms with Crippen LogP contribution in [-0.4, -0.2) is 0 Å². The minimum absolute atomic E-state index is 1.15. The first-order chi connectivity index (χ1) is 7.40. The molecule has 1 aliphatic rings. The lowest BCUT2D eigenvalue weighted by atomic mass is 10.0. The van der Waals surface area contributed by atoms with Crippen molar-refractivity contribution < 1.29 is 0 Å². The molecule has 0 fully saturated rings. The highest BCUT2D eigenvalue weighted by Crippen LogP contribution is 2.01. The van der Waals surface area contributed by atoms with Crippen LogP contribution < -0.4 is 10.4 Å². The maximum atomic E-state index is 2.36. The van der Waals surface area contributed by atoms with Gasteiger partial charge in [-0.25, -0.2) is 0 Å². The second-order valence-electron chi connectivity index (χ2n) is 4.06. The third-order valence-electron chi connectivity index (χ3n) is 2.88. The molecule has 0 saturated carbocycles. The Labute approximate surface area is 91.6 Å². The van der Waals surface area contributed by atoms with Crippen LogP contribution in [0.15, 0.2) is 30.4 Å². The molecule has 1 aromatic rings. The molecule has 2 rings (SSSR count). The van der Waals surface area contributed by atoms with Crippen molar-refractivity contribution in [1.82, 2.24) is 0 Å². The van der Waals surface area contributed by atoms with Gasteiger partial charge in [-0.15, -0.1) is 0 Å². The summed E-state index contributed by atoms with van der Waals surface area (Å²) in [5.74, 6) is 0. The molecule has 0 unspecified atom stereocenters. The van der Waals surface area contributed by atoms with Gasteiger partial charge in [0.05, 0.1) is 0 Å². The molecule has 1 aromatic carbocycles. The van der Waals surface area contributed by atoms with Gasteiger partial charge in [-0.05, 0) is 48.6 Å². The summed E-state index contributed by atoms with van der Waals surface area (Å²) in [7, 11) is 0. The number of hydrogen-bond donors (Lipinski definition) is 0. The molecule has 0 radical (unpaired) electrons. The van der Waals surface area contributed by atoms with E-state index in [4.69, 9.17) is 0 Å². The van der Waals surface area contributed by atoms with Gasteiger partial charge >= 0.3 is 0 Å². The van der Waals surface area contributed by atoms with Crippen molar-refractivity contribution in [3.63, 3.8) is 0 Å². The first-order valence-electron chi connectivity index (χ1n) is 5.80. The minimum Gasteiger partial charge on any atom is -0.0917 e. The standard InChI is InChI=1S/C15H18/c1-2-3-4-7-13-10-11-14-8-5-6-9-15(14)12-13/h2-3,8-12H,4-7H2,1H3/b3-2+. The van der Waals surface area contributed by atoms with Gasteiger partial charge in [-0.1, -0.05) is 42.5 Å². The summed E-state index contributed by atoms with van der Waals surface area (Å²) in [6.45, 7) is 2.08. The van der Waals surface area contributed by atoms with Crippen LogP contribution in [0, 0.1) is 0 Å². The number of allylic oxidation sites excluding steroid dienone is 2. The average molecular weight is 198 g/mol. The fourth-order valence-electron chi connectivity index (χ4n) is 2.04. The normalized spacial score (nSPS) is 14.5. The molecular formula is C15H18. The molecule has 0 saturated heterocycles. The SMILES string of the molecule is C/C=C/CCc1ccc2c(c1)=CCCC=2. The monoisotopic (exact) mass is 198 g/mol. The predicted octanol–water partition coefficient (Wildman–Crippen LogP) is 2.55. The number of fused-ring (bicyclic) bond motifs is 1. The van der Waals surface area contributed by atoms with E-state index in [1.54, 1.807) is 0 Å². The van der Waals surface area contributed by atoms with Gasteiger partial charge in [-0.2, -0.15) is 0 Å². The van der Waals surface area contributed by atoms with Gasteiger partial charge in [0, 0.05) is 0 Å². The Balaban J connectivity index is 2.22. The van der Waals surface area contributed by atoms with Gasteiger partial charge in [0.2, 0.25) is 0 Å². The van der Waals surface area contributed by atoms with E-state index in [1.807, 2.05) is 0 Å². The van der Waals surface area contributed by atoms with Crippen molar-refractivity contribution in [3.8, 4) is 0 Å². The highest BCUT2D eigenvalue weighted by molar-refractivity contribution is 5.39. The number of hydrogen-bond acceptors (Lipinski definition) is 0. The molecule has 0 nitrogen and oxygen atoms in total. The lowest BCUT2D eigenvalue weighted by Gasteiger charge is -2.03. The van der Waals surface area contributed by atoms with Crippen LogP contribution in [0.1, 0.15) is 31.7 Å². The number of rotatable bonds is 3. The van der Waals surface area contributed by atoms with Crippen LogP contribution >= 0.6 is 0 Å². The fraction of sp³-hybridized carbons (Fsp3) is 0.333. The van der Waals surface area contributed by atoms with E-state index in [1.165, 1.54) is 28.8 Å². The molecule has 0 aromatic heterocycles. The summed E-state index contributed by atoms with van der Waals surface area (Å²) < 4.78 is 0. The average Bonchev–Trinajstić information content (AvgIpc) is 2.29. The molecule has 0 atom stereocenters. The highest BCUT2D eigenvalue weighted by atomic mass is 14.0. The van der Waals surface area contributed by atoms with Gasteiger partial charge in [0.15, 0.2) is 0 Å². The Morgan fingerprint density at radius 2 is 1.93 bits per heavy atom. The zero-order chi connectivity index (χ0) is 10.5. The maximum Gasteiger partial charge on any atom is -0.0224 e. The molecule has 0 spiro atoms. The van der Waals surface area contributed by atoms with Crippen LogP contribution in [0.5, 0.6) is 0 Å². The van der Waals surface area contributed by atoms with Gasteiger partial charge in [0.1, 0.15) is 0 Å². The Morgan fingerprint density at radius 1 is 1.13 bits per heavy atom. The van der Waals surface area contributed by atoms with E-state index in [2.05, 4.69) is 49.4 Å². The van der Waals surface area contributed by atoms with Crippen LogP contribution in [0.3, 0.4) is 0 Å². The van der Waals surface area contributed by atoms with Crippen molar-refractivity contribution in [3.05, 3.63) is 46.4 Å². The molecule has 0 heterocycles. The molecule has 0 aliphatic heterocycles. The Hall–Kier alpha value is -1.30. The van der Waals surface area contributed by atoms with E-state index in [9.17, 15) is 0 Å². The zero-order valence-corrected chi connectivity index (χ0v) is 9.37. The fourth-order valence-corrected chi connectivity index (χ4v) is 2.04. The quantitative estimate of drug-likeness (QED) is 0.655. The van der Waals surface area contributed by atoms with Crippen LogP contribution in [0.2, 0.25) is 0 Å². The second kappa shape index (κ2) is 4.97. The molecule has 0 amide bonds. The maximum absolute atomic E-state index is 2.36. The van der Waals surface area contributed by atoms with E-state index in [-0.39, 0.29) is 0 Å². The third-order valence-corrected chi connectivity index (χ3v) is 2.88. The topological polar surface area (TPSA) is 0 Å². The smallest absolute Gasteiger partial charge is 0.0224 e. The number of benzene rings is 1. The highest BCUT2D eigenvalue weighted by Gasteiger charge is 1.95. The zero-order valence-electron chi connectivity index (χ0n) is 9.37. The van der Waals surface area contributed by atoms with Crippen LogP contribution in [0.25, 0.3) is 12.2 Å². The second-order valence-corrected chi connectivity index (χ2v) is 4.06. The van der Waals surface area contributed by atoms with Crippen LogP contribution in [-0.2, 0) is 6.42 Å². The molecule has 0 heteroatoms. The van der Waals surface area contributed by atoms with Crippen molar-refractivity contribution in [2.75, 3.05) is 0 Å². The third kappa shape index (κ3) is 2.59. The summed E-state index contributed by atoms with van der Waals surface area (Å²) in [6, 6.07) is 6.86. The first-order valence-corrected chi connectivity index (χ1v) is 5.80. The van der Waals surface area contributed by atoms with Crippen LogP contribution in [0.4, 0.5) is 0 Å². The molecule has 15 heavy (non-hydrogen) atoms. The van der Waals surface area contributed by atoms with Gasteiger partial charge in [0.25, 0.3) is 0 Å². The lowest BCUT2D eigenvalue weighted by molar-refractivity contribution is 0.993. The van der Waals surface area contributed by atoms with Gasteiger partial charge in [-0.3, -0.25) is 0 Å². The Kier molecular flexibility index (Phi) is 3.39. The summed E-state index contributed by atoms with van der Waals surface area (Å²) in [4.78, 5) is 0. The largest absolute Gasteiger partial charge is 0.0917 e. The van der Waals surface area contributed by atoms with Crippen molar-refractivity contribution in [2.24, 2.45) is 0 Å². The summed E-state index contributed by atoms with van der Waals surface area (Å²) >= 11 is 0. The molecule has 78 valence electrons. The van der Waals surface area contributed by atoms with E-state index in [0.717, 1.165) is 12.8 Å². The molecule has 0 N–H and O–H groups in total. The van der Waals surface area contributed by atoms with E-state index >= 15 is 0 Å². The van der Waals surface area contributed by atoms with Gasteiger partial charge < -0.3 is 0 Å². The summed E-state index contributed by atoms with van der Waals surface area (Å²) in [5.41, 5.74) is 1.46. The Bertz CT molecular complexity index is 463. The first kappa shape index (κ1) is 10.2. The predicted molar refractivity (Wildman–Crippen MR) is 67.0 cm³/mol. The van der Waals surface area contributed by atoms with E-state index in [0.29, 0.717) is 0 Å². The molecular weight excluding hydrogens is 180 g/mol. The van der Waals surface area contributed by atoms with Crippen molar-refractivity contribution in [1.29, 1.82) is 0 Å². The molecule has 1 aliphatic carbocycles. The Morgan fingerprint density at radius 3 is 2.73 bits per heavy atom. The van der Waals surface area contributed by atoms with E-state index < -0.39 is 0 Å².